The van der Waals surface area contributed by atoms with Crippen LogP contribution in [0.15, 0.2) is 48.5 Å². The number of benzene rings is 2. The molecule has 3 rings (SSSR count). The Labute approximate surface area is 157 Å². The highest BCUT2D eigenvalue weighted by molar-refractivity contribution is 5.80. The molecule has 0 spiro atoms. The number of amides is 1. The van der Waals surface area contributed by atoms with E-state index in [1.54, 1.807) is 24.3 Å². The molecular formula is C20H21NO6. The van der Waals surface area contributed by atoms with E-state index in [1.165, 1.54) is 0 Å². The minimum absolute atomic E-state index is 0.242. The molecule has 0 aromatic heterocycles. The summed E-state index contributed by atoms with van der Waals surface area (Å²) in [6, 6.07) is 14.6. The number of nitrogens with one attached hydrogen (secondary N) is 1. The smallest absolute Gasteiger partial charge is 0.344 e. The predicted octanol–water partition coefficient (Wildman–Crippen LogP) is 1.74. The summed E-state index contributed by atoms with van der Waals surface area (Å²) in [5.74, 6) is 1.07. The summed E-state index contributed by atoms with van der Waals surface area (Å²) in [6.07, 6.45) is 0.632. The van der Waals surface area contributed by atoms with Crippen LogP contribution >= 0.6 is 0 Å². The van der Waals surface area contributed by atoms with Gasteiger partial charge in [-0.3, -0.25) is 4.79 Å². The average Bonchev–Trinajstić information content (AvgIpc) is 2.71. The zero-order valence-corrected chi connectivity index (χ0v) is 14.8. The van der Waals surface area contributed by atoms with Crippen LogP contribution < -0.4 is 19.5 Å². The summed E-state index contributed by atoms with van der Waals surface area (Å²) in [4.78, 5) is 23.4. The van der Waals surface area contributed by atoms with E-state index in [4.69, 9.17) is 18.9 Å². The standard InChI is InChI=1S/C20H21NO6/c22-19(13-27-20(23)14-26-16-4-2-1-3-5-16)21-9-8-15-6-7-17-18(12-15)25-11-10-24-17/h1-7,12H,8-11,13-14H2,(H,21,22). The molecule has 0 atom stereocenters. The lowest BCUT2D eigenvalue weighted by Crippen LogP contribution is -2.31. The van der Waals surface area contributed by atoms with Gasteiger partial charge in [-0.1, -0.05) is 24.3 Å². The van der Waals surface area contributed by atoms with Crippen LogP contribution in [-0.2, 0) is 20.7 Å². The largest absolute Gasteiger partial charge is 0.486 e. The molecule has 1 aliphatic rings. The Morgan fingerprint density at radius 2 is 1.74 bits per heavy atom. The summed E-state index contributed by atoms with van der Waals surface area (Å²) in [5, 5.41) is 2.71. The maximum absolute atomic E-state index is 11.8. The van der Waals surface area contributed by atoms with Gasteiger partial charge in [-0.05, 0) is 36.2 Å². The molecule has 1 N–H and O–H groups in total. The maximum Gasteiger partial charge on any atom is 0.344 e. The van der Waals surface area contributed by atoms with Crippen molar-refractivity contribution in [2.45, 2.75) is 6.42 Å². The highest BCUT2D eigenvalue weighted by atomic mass is 16.6. The topological polar surface area (TPSA) is 83.1 Å². The first-order chi connectivity index (χ1) is 13.2. The third kappa shape index (κ3) is 5.91. The van der Waals surface area contributed by atoms with Crippen LogP contribution in [0.3, 0.4) is 0 Å². The van der Waals surface area contributed by atoms with Crippen molar-refractivity contribution in [1.82, 2.24) is 5.32 Å². The quantitative estimate of drug-likeness (QED) is 0.712. The van der Waals surface area contributed by atoms with Gasteiger partial charge in [-0.15, -0.1) is 0 Å². The second-order valence-corrected chi connectivity index (χ2v) is 5.84. The van der Waals surface area contributed by atoms with Crippen LogP contribution in [-0.4, -0.2) is 44.8 Å². The van der Waals surface area contributed by atoms with E-state index < -0.39 is 5.97 Å². The number of carbonyl (C=O) groups excluding carboxylic acids is 2. The van der Waals surface area contributed by atoms with Gasteiger partial charge in [0, 0.05) is 6.54 Å². The van der Waals surface area contributed by atoms with Gasteiger partial charge in [-0.25, -0.2) is 4.79 Å². The van der Waals surface area contributed by atoms with Crippen molar-refractivity contribution >= 4 is 11.9 Å². The SMILES string of the molecule is O=C(COC(=O)COc1ccccc1)NCCc1ccc2c(c1)OCCO2. The van der Waals surface area contributed by atoms with Gasteiger partial charge in [0.25, 0.3) is 5.91 Å². The minimum atomic E-state index is -0.596. The van der Waals surface area contributed by atoms with Gasteiger partial charge in [-0.2, -0.15) is 0 Å². The Balaban J connectivity index is 1.32. The average molecular weight is 371 g/mol. The second kappa shape index (κ2) is 9.47. The Hall–Kier alpha value is -3.22. The Bertz CT molecular complexity index is 777. The van der Waals surface area contributed by atoms with Crippen molar-refractivity contribution in [2.24, 2.45) is 0 Å². The highest BCUT2D eigenvalue weighted by Gasteiger charge is 2.12. The molecule has 27 heavy (non-hydrogen) atoms. The third-order valence-corrected chi connectivity index (χ3v) is 3.81. The molecule has 1 heterocycles. The number of carbonyl (C=O) groups is 2. The number of ether oxygens (including phenoxy) is 4. The van der Waals surface area contributed by atoms with Gasteiger partial charge < -0.3 is 24.3 Å². The van der Waals surface area contributed by atoms with Crippen molar-refractivity contribution in [1.29, 1.82) is 0 Å². The Kier molecular flexibility index (Phi) is 6.51. The van der Waals surface area contributed by atoms with E-state index in [-0.39, 0.29) is 19.1 Å². The molecule has 0 fully saturated rings. The molecule has 0 saturated carbocycles. The van der Waals surface area contributed by atoms with Crippen LogP contribution in [0.5, 0.6) is 17.2 Å². The van der Waals surface area contributed by atoms with E-state index in [0.717, 1.165) is 17.1 Å². The summed E-state index contributed by atoms with van der Waals surface area (Å²) in [6.45, 7) is 0.938. The van der Waals surface area contributed by atoms with Gasteiger partial charge in [0.05, 0.1) is 0 Å². The van der Waals surface area contributed by atoms with Crippen LogP contribution in [0.1, 0.15) is 5.56 Å². The second-order valence-electron chi connectivity index (χ2n) is 5.84. The first-order valence-corrected chi connectivity index (χ1v) is 8.69. The number of rotatable bonds is 8. The third-order valence-electron chi connectivity index (χ3n) is 3.81. The lowest BCUT2D eigenvalue weighted by atomic mass is 10.1. The molecule has 0 bridgehead atoms. The zero-order valence-electron chi connectivity index (χ0n) is 14.8. The van der Waals surface area contributed by atoms with Gasteiger partial charge in [0.2, 0.25) is 0 Å². The molecule has 2 aromatic carbocycles. The predicted molar refractivity (Wildman–Crippen MR) is 97.0 cm³/mol. The zero-order chi connectivity index (χ0) is 18.9. The van der Waals surface area contributed by atoms with Crippen molar-refractivity contribution < 1.29 is 28.5 Å². The minimum Gasteiger partial charge on any atom is -0.486 e. The lowest BCUT2D eigenvalue weighted by Gasteiger charge is -2.18. The van der Waals surface area contributed by atoms with E-state index in [9.17, 15) is 9.59 Å². The Morgan fingerprint density at radius 1 is 0.963 bits per heavy atom. The van der Waals surface area contributed by atoms with Crippen molar-refractivity contribution in [3.8, 4) is 17.2 Å². The maximum atomic E-state index is 11.8. The van der Waals surface area contributed by atoms with E-state index in [1.807, 2.05) is 24.3 Å². The fourth-order valence-electron chi connectivity index (χ4n) is 2.49. The number of para-hydroxylation sites is 1. The molecule has 0 saturated heterocycles. The molecule has 2 aromatic rings. The summed E-state index contributed by atoms with van der Waals surface area (Å²) < 4.78 is 21.1. The molecule has 0 radical (unpaired) electrons. The normalized spacial score (nSPS) is 12.1. The number of fused-ring (bicyclic) bond motifs is 1. The van der Waals surface area contributed by atoms with Crippen molar-refractivity contribution in [2.75, 3.05) is 33.0 Å². The van der Waals surface area contributed by atoms with Gasteiger partial charge in [0.15, 0.2) is 24.7 Å². The van der Waals surface area contributed by atoms with Gasteiger partial charge in [0.1, 0.15) is 19.0 Å². The summed E-state index contributed by atoms with van der Waals surface area (Å²) >= 11 is 0. The molecule has 0 unspecified atom stereocenters. The summed E-state index contributed by atoms with van der Waals surface area (Å²) in [7, 11) is 0. The number of esters is 1. The first-order valence-electron chi connectivity index (χ1n) is 8.69. The van der Waals surface area contributed by atoms with Crippen LogP contribution in [0.2, 0.25) is 0 Å². The first kappa shape index (κ1) is 18.6. The fourth-order valence-corrected chi connectivity index (χ4v) is 2.49. The van der Waals surface area contributed by atoms with Crippen LogP contribution in [0.25, 0.3) is 0 Å². The molecule has 1 amide bonds. The molecule has 1 aliphatic heterocycles. The van der Waals surface area contributed by atoms with E-state index in [2.05, 4.69) is 5.32 Å². The van der Waals surface area contributed by atoms with E-state index in [0.29, 0.717) is 31.9 Å². The van der Waals surface area contributed by atoms with Gasteiger partial charge >= 0.3 is 5.97 Å². The molecule has 142 valence electrons. The number of hydrogen-bond donors (Lipinski definition) is 1. The molecule has 7 heteroatoms. The van der Waals surface area contributed by atoms with Crippen molar-refractivity contribution in [3.05, 3.63) is 54.1 Å². The van der Waals surface area contributed by atoms with Crippen LogP contribution in [0, 0.1) is 0 Å². The summed E-state index contributed by atoms with van der Waals surface area (Å²) in [5.41, 5.74) is 1.02. The monoisotopic (exact) mass is 371 g/mol. The van der Waals surface area contributed by atoms with Crippen molar-refractivity contribution in [3.63, 3.8) is 0 Å². The lowest BCUT2D eigenvalue weighted by molar-refractivity contribution is -0.150. The molecule has 0 aliphatic carbocycles. The molecule has 7 nitrogen and oxygen atoms in total. The highest BCUT2D eigenvalue weighted by Crippen LogP contribution is 2.30. The molecular weight excluding hydrogens is 350 g/mol. The fraction of sp³-hybridized carbons (Fsp3) is 0.300. The number of hydrogen-bond acceptors (Lipinski definition) is 6. The van der Waals surface area contributed by atoms with Crippen LogP contribution in [0.4, 0.5) is 0 Å². The Morgan fingerprint density at radius 3 is 2.56 bits per heavy atom. The van der Waals surface area contributed by atoms with E-state index >= 15 is 0 Å².